The maximum absolute atomic E-state index is 11.0. The average Bonchev–Trinajstić information content (AvgIpc) is 2.84. The molecule has 2 aliphatic rings. The number of quaternary nitrogens is 1. The van der Waals surface area contributed by atoms with E-state index >= 15 is 0 Å². The zero-order chi connectivity index (χ0) is 16.4. The van der Waals surface area contributed by atoms with Gasteiger partial charge in [0.05, 0.1) is 13.6 Å². The Morgan fingerprint density at radius 3 is 2.48 bits per heavy atom. The van der Waals surface area contributed by atoms with Gasteiger partial charge < -0.3 is 10.0 Å². The molecule has 0 heterocycles. The molecule has 0 amide bonds. The SMILES string of the molecule is CC1CCC(C[NH+](C)CC(O)C2(c3ccc(Cl)cc3)CCC2)C1. The number of rotatable bonds is 6. The van der Waals surface area contributed by atoms with Crippen LogP contribution in [0.5, 0.6) is 0 Å². The Bertz CT molecular complexity index is 511. The van der Waals surface area contributed by atoms with Gasteiger partial charge in [0, 0.05) is 16.4 Å². The Labute approximate surface area is 145 Å². The molecule has 0 saturated heterocycles. The number of hydrogen-bond donors (Lipinski definition) is 2. The zero-order valence-electron chi connectivity index (χ0n) is 14.5. The maximum atomic E-state index is 11.0. The first-order chi connectivity index (χ1) is 11.0. The summed E-state index contributed by atoms with van der Waals surface area (Å²) in [5.74, 6) is 1.75. The number of benzene rings is 1. The van der Waals surface area contributed by atoms with Crippen molar-refractivity contribution in [3.8, 4) is 0 Å². The van der Waals surface area contributed by atoms with E-state index < -0.39 is 0 Å². The molecule has 3 rings (SSSR count). The molecule has 2 nitrogen and oxygen atoms in total. The molecule has 0 aromatic heterocycles. The van der Waals surface area contributed by atoms with Crippen LogP contribution in [0.15, 0.2) is 24.3 Å². The van der Waals surface area contributed by atoms with E-state index in [2.05, 4.69) is 26.1 Å². The van der Waals surface area contributed by atoms with Crippen molar-refractivity contribution in [2.75, 3.05) is 20.1 Å². The van der Waals surface area contributed by atoms with Crippen molar-refractivity contribution in [3.05, 3.63) is 34.9 Å². The Morgan fingerprint density at radius 2 is 1.96 bits per heavy atom. The summed E-state index contributed by atoms with van der Waals surface area (Å²) in [6.07, 6.45) is 7.30. The van der Waals surface area contributed by atoms with E-state index in [1.54, 1.807) is 0 Å². The van der Waals surface area contributed by atoms with E-state index in [0.717, 1.165) is 36.2 Å². The Hall–Kier alpha value is -0.570. The Balaban J connectivity index is 1.61. The summed E-state index contributed by atoms with van der Waals surface area (Å²) < 4.78 is 0. The van der Waals surface area contributed by atoms with Crippen molar-refractivity contribution in [1.29, 1.82) is 0 Å². The highest BCUT2D eigenvalue weighted by molar-refractivity contribution is 6.30. The summed E-state index contributed by atoms with van der Waals surface area (Å²) >= 11 is 6.03. The summed E-state index contributed by atoms with van der Waals surface area (Å²) in [4.78, 5) is 1.48. The third kappa shape index (κ3) is 3.75. The summed E-state index contributed by atoms with van der Waals surface area (Å²) in [5.41, 5.74) is 1.23. The molecule has 0 bridgehead atoms. The molecular formula is C20H31ClNO+. The van der Waals surface area contributed by atoms with Crippen molar-refractivity contribution in [2.24, 2.45) is 11.8 Å². The van der Waals surface area contributed by atoms with E-state index in [-0.39, 0.29) is 11.5 Å². The lowest BCUT2D eigenvalue weighted by Crippen LogP contribution is -3.11. The van der Waals surface area contributed by atoms with Crippen LogP contribution in [0.2, 0.25) is 5.02 Å². The quantitative estimate of drug-likeness (QED) is 0.820. The van der Waals surface area contributed by atoms with Gasteiger partial charge >= 0.3 is 0 Å². The molecule has 2 saturated carbocycles. The Kier molecular flexibility index (Phi) is 5.35. The normalized spacial score (nSPS) is 29.0. The highest BCUT2D eigenvalue weighted by Crippen LogP contribution is 2.46. The fourth-order valence-electron chi connectivity index (χ4n) is 4.77. The molecule has 4 atom stereocenters. The maximum Gasteiger partial charge on any atom is 0.112 e. The van der Waals surface area contributed by atoms with Crippen molar-refractivity contribution in [3.63, 3.8) is 0 Å². The van der Waals surface area contributed by atoms with Crippen molar-refractivity contribution in [1.82, 2.24) is 0 Å². The van der Waals surface area contributed by atoms with Gasteiger partial charge in [0.2, 0.25) is 0 Å². The molecular weight excluding hydrogens is 306 g/mol. The topological polar surface area (TPSA) is 24.7 Å². The van der Waals surface area contributed by atoms with Crippen LogP contribution in [-0.4, -0.2) is 31.3 Å². The van der Waals surface area contributed by atoms with E-state index in [9.17, 15) is 5.11 Å². The van der Waals surface area contributed by atoms with Crippen LogP contribution in [0.1, 0.15) is 51.0 Å². The number of nitrogens with one attached hydrogen (secondary N) is 1. The Morgan fingerprint density at radius 1 is 1.26 bits per heavy atom. The molecule has 0 aliphatic heterocycles. The van der Waals surface area contributed by atoms with Crippen molar-refractivity contribution < 1.29 is 10.0 Å². The molecule has 0 radical (unpaired) electrons. The first-order valence-electron chi connectivity index (χ1n) is 9.25. The standard InChI is InChI=1S/C20H30ClNO/c1-15-4-5-16(12-15)13-22(2)14-19(23)20(10-3-11-20)17-6-8-18(21)9-7-17/h6-9,15-16,19,23H,3-5,10-14H2,1-2H3/p+1. The van der Waals surface area contributed by atoms with Crippen LogP contribution >= 0.6 is 11.6 Å². The van der Waals surface area contributed by atoms with E-state index in [1.807, 2.05) is 12.1 Å². The highest BCUT2D eigenvalue weighted by atomic mass is 35.5. The first-order valence-corrected chi connectivity index (χ1v) is 9.63. The van der Waals surface area contributed by atoms with Gasteiger partial charge in [0.15, 0.2) is 0 Å². The zero-order valence-corrected chi connectivity index (χ0v) is 15.3. The molecule has 23 heavy (non-hydrogen) atoms. The minimum Gasteiger partial charge on any atom is -0.386 e. The van der Waals surface area contributed by atoms with Crippen LogP contribution in [0, 0.1) is 11.8 Å². The fourth-order valence-corrected chi connectivity index (χ4v) is 4.89. The summed E-state index contributed by atoms with van der Waals surface area (Å²) in [7, 11) is 2.25. The predicted molar refractivity (Wildman–Crippen MR) is 96.1 cm³/mol. The smallest absolute Gasteiger partial charge is 0.112 e. The second-order valence-corrected chi connectivity index (χ2v) is 8.62. The fraction of sp³-hybridized carbons (Fsp3) is 0.700. The minimum absolute atomic E-state index is 0.0329. The highest BCUT2D eigenvalue weighted by Gasteiger charge is 2.46. The number of halogens is 1. The lowest BCUT2D eigenvalue weighted by atomic mass is 9.61. The van der Waals surface area contributed by atoms with Gasteiger partial charge in [-0.3, -0.25) is 0 Å². The third-order valence-electron chi connectivity index (χ3n) is 6.29. The molecule has 1 aromatic rings. The molecule has 2 aliphatic carbocycles. The lowest BCUT2D eigenvalue weighted by Gasteiger charge is -2.46. The molecule has 128 valence electrons. The van der Waals surface area contributed by atoms with E-state index in [1.165, 1.54) is 42.7 Å². The summed E-state index contributed by atoms with van der Waals surface area (Å²) in [5, 5.41) is 11.8. The van der Waals surface area contributed by atoms with Crippen LogP contribution in [0.3, 0.4) is 0 Å². The van der Waals surface area contributed by atoms with Gasteiger partial charge in [0.25, 0.3) is 0 Å². The molecule has 4 unspecified atom stereocenters. The molecule has 2 N–H and O–H groups in total. The van der Waals surface area contributed by atoms with Crippen LogP contribution < -0.4 is 4.90 Å². The van der Waals surface area contributed by atoms with Gasteiger partial charge in [-0.2, -0.15) is 0 Å². The predicted octanol–water partition coefficient (Wildman–Crippen LogP) is 3.07. The van der Waals surface area contributed by atoms with Crippen LogP contribution in [0.4, 0.5) is 0 Å². The van der Waals surface area contributed by atoms with Crippen molar-refractivity contribution in [2.45, 2.75) is 57.0 Å². The van der Waals surface area contributed by atoms with Crippen molar-refractivity contribution >= 4 is 11.6 Å². The number of aliphatic hydroxyl groups is 1. The number of hydrogen-bond acceptors (Lipinski definition) is 1. The lowest BCUT2D eigenvalue weighted by molar-refractivity contribution is -0.887. The minimum atomic E-state index is -0.253. The van der Waals surface area contributed by atoms with Crippen LogP contribution in [-0.2, 0) is 5.41 Å². The summed E-state index contributed by atoms with van der Waals surface area (Å²) in [6.45, 7) is 4.43. The monoisotopic (exact) mass is 336 g/mol. The van der Waals surface area contributed by atoms with E-state index in [0.29, 0.717) is 0 Å². The molecule has 0 spiro atoms. The second kappa shape index (κ2) is 7.13. The number of likely N-dealkylation sites (N-methyl/N-ethyl adjacent to an activating group) is 1. The number of aliphatic hydroxyl groups excluding tert-OH is 1. The van der Waals surface area contributed by atoms with Gasteiger partial charge in [0.1, 0.15) is 12.6 Å². The van der Waals surface area contributed by atoms with E-state index in [4.69, 9.17) is 11.6 Å². The molecule has 2 fully saturated rings. The summed E-state index contributed by atoms with van der Waals surface area (Å²) in [6, 6.07) is 8.14. The van der Waals surface area contributed by atoms with Gasteiger partial charge in [-0.15, -0.1) is 0 Å². The average molecular weight is 337 g/mol. The third-order valence-corrected chi connectivity index (χ3v) is 6.54. The van der Waals surface area contributed by atoms with Gasteiger partial charge in [-0.1, -0.05) is 43.5 Å². The van der Waals surface area contributed by atoms with Gasteiger partial charge in [-0.25, -0.2) is 0 Å². The van der Waals surface area contributed by atoms with Gasteiger partial charge in [-0.05, 0) is 49.3 Å². The molecule has 1 aromatic carbocycles. The first kappa shape index (κ1) is 17.3. The molecule has 3 heteroatoms. The van der Waals surface area contributed by atoms with Crippen LogP contribution in [0.25, 0.3) is 0 Å². The second-order valence-electron chi connectivity index (χ2n) is 8.18. The largest absolute Gasteiger partial charge is 0.386 e.